The Morgan fingerprint density at radius 2 is 2.40 bits per heavy atom. The van der Waals surface area contributed by atoms with Gasteiger partial charge in [0.25, 0.3) is 0 Å². The van der Waals surface area contributed by atoms with E-state index in [1.165, 1.54) is 0 Å². The Hall–Kier alpha value is -1.95. The van der Waals surface area contributed by atoms with Gasteiger partial charge < -0.3 is 16.0 Å². The second-order valence-corrected chi connectivity index (χ2v) is 4.98. The normalized spacial score (nSPS) is 22.1. The van der Waals surface area contributed by atoms with Crippen molar-refractivity contribution in [3.05, 3.63) is 30.1 Å². The Morgan fingerprint density at radius 1 is 1.60 bits per heavy atom. The molecule has 2 amide bonds. The largest absolute Gasteiger partial charge is 0.356 e. The van der Waals surface area contributed by atoms with Gasteiger partial charge in [0.1, 0.15) is 0 Å². The molecular weight excluding hydrogens is 256 g/mol. The molecule has 20 heavy (non-hydrogen) atoms. The lowest BCUT2D eigenvalue weighted by Gasteiger charge is -2.24. The number of rotatable bonds is 5. The van der Waals surface area contributed by atoms with E-state index in [0.29, 0.717) is 13.1 Å². The fraction of sp³-hybridized carbons (Fsp3) is 0.500. The second kappa shape index (κ2) is 6.47. The van der Waals surface area contributed by atoms with Gasteiger partial charge in [0.05, 0.1) is 12.0 Å². The summed E-state index contributed by atoms with van der Waals surface area (Å²) in [4.78, 5) is 29.9. The standard InChI is InChI=1S/C14H20N4O2/c1-18-12(19)8-11(14(20)17-7-3-5-15)13(18)10-4-2-6-16-9-10/h2,4,6,9,11,13H,3,5,7-8,15H2,1H3,(H,17,20)/t11-,13+/m0/s1. The van der Waals surface area contributed by atoms with Gasteiger partial charge in [-0.1, -0.05) is 6.07 Å². The maximum absolute atomic E-state index is 12.2. The number of nitrogens with one attached hydrogen (secondary N) is 1. The number of amides is 2. The SMILES string of the molecule is CN1C(=O)C[C@H](C(=O)NCCCN)[C@H]1c1cccnc1. The number of hydrogen-bond donors (Lipinski definition) is 2. The fourth-order valence-electron chi connectivity index (χ4n) is 2.56. The average molecular weight is 276 g/mol. The molecule has 0 unspecified atom stereocenters. The monoisotopic (exact) mass is 276 g/mol. The minimum atomic E-state index is -0.366. The van der Waals surface area contributed by atoms with Crippen molar-refractivity contribution in [1.82, 2.24) is 15.2 Å². The van der Waals surface area contributed by atoms with E-state index in [-0.39, 0.29) is 30.2 Å². The predicted octanol–water partition coefficient (Wildman–Crippen LogP) is 0.0660. The van der Waals surface area contributed by atoms with Crippen molar-refractivity contribution in [2.24, 2.45) is 11.7 Å². The molecule has 0 saturated carbocycles. The summed E-state index contributed by atoms with van der Waals surface area (Å²) in [5.74, 6) is -0.475. The summed E-state index contributed by atoms with van der Waals surface area (Å²) in [5.41, 5.74) is 6.30. The molecule has 6 heteroatoms. The molecule has 108 valence electrons. The van der Waals surface area contributed by atoms with Crippen LogP contribution in [0.4, 0.5) is 0 Å². The zero-order valence-corrected chi connectivity index (χ0v) is 11.6. The van der Waals surface area contributed by atoms with Gasteiger partial charge in [-0.25, -0.2) is 0 Å². The van der Waals surface area contributed by atoms with Gasteiger partial charge in [-0.05, 0) is 24.6 Å². The molecule has 0 bridgehead atoms. The van der Waals surface area contributed by atoms with Gasteiger partial charge >= 0.3 is 0 Å². The van der Waals surface area contributed by atoms with Crippen molar-refractivity contribution in [3.8, 4) is 0 Å². The zero-order valence-electron chi connectivity index (χ0n) is 11.6. The van der Waals surface area contributed by atoms with Crippen molar-refractivity contribution in [3.63, 3.8) is 0 Å². The molecule has 6 nitrogen and oxygen atoms in total. The topological polar surface area (TPSA) is 88.3 Å². The summed E-state index contributed by atoms with van der Waals surface area (Å²) in [7, 11) is 1.73. The van der Waals surface area contributed by atoms with Crippen molar-refractivity contribution in [2.45, 2.75) is 18.9 Å². The highest BCUT2D eigenvalue weighted by atomic mass is 16.2. The number of carbonyl (C=O) groups excluding carboxylic acids is 2. The number of likely N-dealkylation sites (tertiary alicyclic amines) is 1. The molecule has 2 rings (SSSR count). The summed E-state index contributed by atoms with van der Waals surface area (Å²) in [6, 6.07) is 3.47. The lowest BCUT2D eigenvalue weighted by molar-refractivity contribution is -0.128. The van der Waals surface area contributed by atoms with Crippen molar-refractivity contribution in [2.75, 3.05) is 20.1 Å². The van der Waals surface area contributed by atoms with Gasteiger partial charge in [0.2, 0.25) is 11.8 Å². The number of nitrogens with two attached hydrogens (primary N) is 1. The van der Waals surface area contributed by atoms with Crippen LogP contribution in [0.25, 0.3) is 0 Å². The highest BCUT2D eigenvalue weighted by molar-refractivity contribution is 5.90. The van der Waals surface area contributed by atoms with E-state index in [2.05, 4.69) is 10.3 Å². The first-order valence-corrected chi connectivity index (χ1v) is 6.78. The Kier molecular flexibility index (Phi) is 4.68. The first-order valence-electron chi connectivity index (χ1n) is 6.78. The third kappa shape index (κ3) is 2.96. The van der Waals surface area contributed by atoms with E-state index in [0.717, 1.165) is 12.0 Å². The Morgan fingerprint density at radius 3 is 3.05 bits per heavy atom. The highest BCUT2D eigenvalue weighted by Gasteiger charge is 2.42. The van der Waals surface area contributed by atoms with Crippen LogP contribution in [0, 0.1) is 5.92 Å². The summed E-state index contributed by atoms with van der Waals surface area (Å²) >= 11 is 0. The summed E-state index contributed by atoms with van der Waals surface area (Å²) < 4.78 is 0. The second-order valence-electron chi connectivity index (χ2n) is 4.98. The number of pyridine rings is 1. The van der Waals surface area contributed by atoms with Crippen LogP contribution < -0.4 is 11.1 Å². The van der Waals surface area contributed by atoms with Crippen LogP contribution in [0.1, 0.15) is 24.4 Å². The maximum Gasteiger partial charge on any atom is 0.226 e. The molecule has 2 heterocycles. The van der Waals surface area contributed by atoms with Crippen molar-refractivity contribution in [1.29, 1.82) is 0 Å². The lowest BCUT2D eigenvalue weighted by Crippen LogP contribution is -2.35. The van der Waals surface area contributed by atoms with E-state index in [1.807, 2.05) is 12.1 Å². The molecule has 0 aromatic carbocycles. The van der Waals surface area contributed by atoms with Gasteiger partial charge in [0.15, 0.2) is 0 Å². The summed E-state index contributed by atoms with van der Waals surface area (Å²) in [6.45, 7) is 1.08. The van der Waals surface area contributed by atoms with Gasteiger partial charge in [-0.2, -0.15) is 0 Å². The number of aromatic nitrogens is 1. The molecular formula is C14H20N4O2. The summed E-state index contributed by atoms with van der Waals surface area (Å²) in [5, 5.41) is 2.85. The molecule has 0 spiro atoms. The average Bonchev–Trinajstić information content (AvgIpc) is 2.76. The van der Waals surface area contributed by atoms with Crippen LogP contribution >= 0.6 is 0 Å². The quantitative estimate of drug-likeness (QED) is 0.745. The van der Waals surface area contributed by atoms with Crippen molar-refractivity contribution >= 4 is 11.8 Å². The number of hydrogen-bond acceptors (Lipinski definition) is 4. The van der Waals surface area contributed by atoms with Crippen LogP contribution in [0.3, 0.4) is 0 Å². The first-order chi connectivity index (χ1) is 9.65. The van der Waals surface area contributed by atoms with Gasteiger partial charge in [0, 0.05) is 32.4 Å². The number of nitrogens with zero attached hydrogens (tertiary/aromatic N) is 2. The summed E-state index contributed by atoms with van der Waals surface area (Å²) in [6.07, 6.45) is 4.36. The molecule has 0 radical (unpaired) electrons. The maximum atomic E-state index is 12.2. The van der Waals surface area contributed by atoms with E-state index in [9.17, 15) is 9.59 Å². The third-order valence-corrected chi connectivity index (χ3v) is 3.63. The van der Waals surface area contributed by atoms with E-state index in [1.54, 1.807) is 24.3 Å². The Bertz CT molecular complexity index is 477. The highest BCUT2D eigenvalue weighted by Crippen LogP contribution is 2.36. The van der Waals surface area contributed by atoms with Crippen LogP contribution in [0.15, 0.2) is 24.5 Å². The first kappa shape index (κ1) is 14.5. The smallest absolute Gasteiger partial charge is 0.226 e. The molecule has 1 aliphatic heterocycles. The van der Waals surface area contributed by atoms with Crippen molar-refractivity contribution < 1.29 is 9.59 Å². The van der Waals surface area contributed by atoms with E-state index in [4.69, 9.17) is 5.73 Å². The molecule has 0 aliphatic carbocycles. The molecule has 3 N–H and O–H groups in total. The third-order valence-electron chi connectivity index (χ3n) is 3.63. The predicted molar refractivity (Wildman–Crippen MR) is 74.5 cm³/mol. The van der Waals surface area contributed by atoms with Crippen LogP contribution in [-0.2, 0) is 9.59 Å². The minimum Gasteiger partial charge on any atom is -0.356 e. The Balaban J connectivity index is 2.14. The van der Waals surface area contributed by atoms with E-state index >= 15 is 0 Å². The molecule has 1 saturated heterocycles. The Labute approximate surface area is 118 Å². The number of carbonyl (C=O) groups is 2. The van der Waals surface area contributed by atoms with Gasteiger partial charge in [-0.3, -0.25) is 14.6 Å². The molecule has 1 aromatic rings. The lowest BCUT2D eigenvalue weighted by atomic mass is 9.94. The van der Waals surface area contributed by atoms with Crippen LogP contribution in [0.2, 0.25) is 0 Å². The molecule has 2 atom stereocenters. The van der Waals surface area contributed by atoms with E-state index < -0.39 is 0 Å². The van der Waals surface area contributed by atoms with Crippen LogP contribution in [-0.4, -0.2) is 41.8 Å². The molecule has 1 aliphatic rings. The van der Waals surface area contributed by atoms with Crippen LogP contribution in [0.5, 0.6) is 0 Å². The molecule has 1 fully saturated rings. The van der Waals surface area contributed by atoms with Gasteiger partial charge in [-0.15, -0.1) is 0 Å². The minimum absolute atomic E-state index is 0.0159. The molecule has 1 aromatic heterocycles. The zero-order chi connectivity index (χ0) is 14.5. The fourth-order valence-corrected chi connectivity index (χ4v) is 2.56.